The zero-order valence-electron chi connectivity index (χ0n) is 6.35. The fourth-order valence-corrected chi connectivity index (χ4v) is 1.25. The molecule has 0 bridgehead atoms. The maximum atomic E-state index is 11.8. The minimum absolute atomic E-state index is 0.0126. The van der Waals surface area contributed by atoms with Crippen molar-refractivity contribution in [3.8, 4) is 0 Å². The van der Waals surface area contributed by atoms with Gasteiger partial charge >= 0.3 is 0 Å². The highest BCUT2D eigenvalue weighted by Gasteiger charge is 2.04. The van der Waals surface area contributed by atoms with E-state index in [1.165, 1.54) is 24.3 Å². The molecule has 0 fully saturated rings. The lowest BCUT2D eigenvalue weighted by Gasteiger charge is -2.21. The number of hydrogen-bond acceptors (Lipinski definition) is 4. The van der Waals surface area contributed by atoms with Crippen LogP contribution < -0.4 is 5.23 Å². The summed E-state index contributed by atoms with van der Waals surface area (Å²) in [5, 5.41) is 18.4. The second-order valence-corrected chi connectivity index (χ2v) is 3.21. The van der Waals surface area contributed by atoms with Gasteiger partial charge in [-0.15, -0.1) is 0 Å². The zero-order chi connectivity index (χ0) is 9.84. The highest BCUT2D eigenvalue weighted by molar-refractivity contribution is 7.99. The highest BCUT2D eigenvalue weighted by atomic mass is 32.2. The molecule has 0 heterocycles. The average molecular weight is 206 g/mol. The van der Waals surface area contributed by atoms with Gasteiger partial charge in [0, 0.05) is 4.90 Å². The number of halogens is 2. The van der Waals surface area contributed by atoms with E-state index in [0.29, 0.717) is 16.7 Å². The number of thioether (sulfide) groups is 1. The lowest BCUT2D eigenvalue weighted by molar-refractivity contribution is 0.252. The molecule has 0 aliphatic heterocycles. The summed E-state index contributed by atoms with van der Waals surface area (Å²) in [5.74, 6) is -2.48. The van der Waals surface area contributed by atoms with Crippen LogP contribution in [-0.4, -0.2) is 11.0 Å². The Balaban J connectivity index is 2.70. The summed E-state index contributed by atoms with van der Waals surface area (Å²) in [6, 6.07) is 5.20. The molecule has 3 nitrogen and oxygen atoms in total. The van der Waals surface area contributed by atoms with E-state index >= 15 is 0 Å². The Morgan fingerprint density at radius 3 is 2.23 bits per heavy atom. The largest absolute Gasteiger partial charge is 0.733 e. The number of alkyl halides is 2. The van der Waals surface area contributed by atoms with Crippen molar-refractivity contribution in [3.63, 3.8) is 0 Å². The molecule has 0 saturated carbocycles. The molecule has 1 aromatic carbocycles. The monoisotopic (exact) mass is 206 g/mol. The predicted octanol–water partition coefficient (Wildman–Crippen LogP) is 2.69. The normalized spacial score (nSPS) is 10.5. The van der Waals surface area contributed by atoms with E-state index in [-0.39, 0.29) is 10.9 Å². The molecule has 0 radical (unpaired) electrons. The van der Waals surface area contributed by atoms with Crippen LogP contribution in [0.25, 0.3) is 0 Å². The lowest BCUT2D eigenvalue weighted by atomic mass is 10.3. The summed E-state index contributed by atoms with van der Waals surface area (Å²) in [5.41, 5.74) is 0.0126. The van der Waals surface area contributed by atoms with Gasteiger partial charge in [0.05, 0.1) is 5.69 Å². The third-order valence-corrected chi connectivity index (χ3v) is 2.01. The first-order valence-electron chi connectivity index (χ1n) is 3.30. The van der Waals surface area contributed by atoms with Crippen LogP contribution in [0.4, 0.5) is 14.5 Å². The summed E-state index contributed by atoms with van der Waals surface area (Å²) in [4.78, 5) is 0.348. The maximum absolute atomic E-state index is 11.8. The van der Waals surface area contributed by atoms with Crippen LogP contribution in [-0.2, 0) is 0 Å². The van der Waals surface area contributed by atoms with Crippen molar-refractivity contribution in [1.82, 2.24) is 0 Å². The van der Waals surface area contributed by atoms with E-state index in [1.54, 1.807) is 0 Å². The molecule has 0 aliphatic rings. The Hall–Kier alpha value is -0.850. The van der Waals surface area contributed by atoms with Crippen LogP contribution in [0.5, 0.6) is 0 Å². The first-order chi connectivity index (χ1) is 6.09. The van der Waals surface area contributed by atoms with Crippen molar-refractivity contribution in [2.75, 3.05) is 5.23 Å². The van der Waals surface area contributed by atoms with Gasteiger partial charge in [-0.25, -0.2) is 0 Å². The summed E-state index contributed by atoms with van der Waals surface area (Å²) < 4.78 is 23.6. The van der Waals surface area contributed by atoms with Gasteiger partial charge in [0.2, 0.25) is 0 Å². The maximum Gasteiger partial charge on any atom is 0.288 e. The van der Waals surface area contributed by atoms with Crippen LogP contribution in [0.3, 0.4) is 0 Å². The summed E-state index contributed by atoms with van der Waals surface area (Å²) in [6.07, 6.45) is 0. The van der Waals surface area contributed by atoms with Gasteiger partial charge < -0.3 is 10.4 Å². The van der Waals surface area contributed by atoms with Crippen molar-refractivity contribution in [2.45, 2.75) is 10.7 Å². The molecule has 0 aliphatic carbocycles. The van der Waals surface area contributed by atoms with Crippen molar-refractivity contribution in [3.05, 3.63) is 29.5 Å². The molecule has 0 saturated heterocycles. The van der Waals surface area contributed by atoms with Crippen LogP contribution >= 0.6 is 11.8 Å². The van der Waals surface area contributed by atoms with Gasteiger partial charge in [-0.2, -0.15) is 8.78 Å². The standard InChI is InChI=1S/C7H6F2NO2S/c8-7(9)13-6-3-1-5(2-4-6)10(11)12/h1-4,7,11H/q-1. The van der Waals surface area contributed by atoms with Crippen molar-refractivity contribution in [1.29, 1.82) is 0 Å². The molecule has 1 rings (SSSR count). The van der Waals surface area contributed by atoms with Gasteiger partial charge in [-0.1, -0.05) is 11.8 Å². The zero-order valence-corrected chi connectivity index (χ0v) is 7.17. The summed E-state index contributed by atoms with van der Waals surface area (Å²) >= 11 is 0.383. The van der Waals surface area contributed by atoms with Gasteiger partial charge in [0.1, 0.15) is 0 Å². The molecule has 0 atom stereocenters. The third kappa shape index (κ3) is 3.17. The first-order valence-corrected chi connectivity index (χ1v) is 4.18. The molecular weight excluding hydrogens is 200 g/mol. The van der Waals surface area contributed by atoms with Crippen LogP contribution in [0, 0.1) is 5.21 Å². The van der Waals surface area contributed by atoms with Gasteiger partial charge in [-0.05, 0) is 24.3 Å². The Morgan fingerprint density at radius 1 is 1.31 bits per heavy atom. The molecule has 0 unspecified atom stereocenters. The van der Waals surface area contributed by atoms with Gasteiger partial charge in [0.15, 0.2) is 0 Å². The smallest absolute Gasteiger partial charge is 0.288 e. The Labute approximate surface area is 77.5 Å². The number of benzene rings is 1. The summed E-state index contributed by atoms with van der Waals surface area (Å²) in [7, 11) is 0. The predicted molar refractivity (Wildman–Crippen MR) is 45.9 cm³/mol. The van der Waals surface area contributed by atoms with E-state index in [0.717, 1.165) is 0 Å². The van der Waals surface area contributed by atoms with Crippen LogP contribution in [0.2, 0.25) is 0 Å². The number of anilines is 1. The minimum atomic E-state index is -2.48. The highest BCUT2D eigenvalue weighted by Crippen LogP contribution is 2.26. The molecule has 1 N–H and O–H groups in total. The van der Waals surface area contributed by atoms with Crippen LogP contribution in [0.1, 0.15) is 0 Å². The fraction of sp³-hybridized carbons (Fsp3) is 0.143. The Kier molecular flexibility index (Phi) is 3.47. The quantitative estimate of drug-likeness (QED) is 0.610. The molecule has 0 aromatic heterocycles. The van der Waals surface area contributed by atoms with Crippen molar-refractivity contribution >= 4 is 17.4 Å². The number of hydrogen-bond donors (Lipinski definition) is 1. The lowest BCUT2D eigenvalue weighted by Crippen LogP contribution is -2.06. The Bertz CT molecular complexity index is 266. The number of rotatable bonds is 3. The SMILES string of the molecule is [O-]N(O)c1ccc(SC(F)F)cc1. The van der Waals surface area contributed by atoms with E-state index in [2.05, 4.69) is 0 Å². The molecule has 0 amide bonds. The van der Waals surface area contributed by atoms with Gasteiger partial charge in [0.25, 0.3) is 5.76 Å². The van der Waals surface area contributed by atoms with Gasteiger partial charge in [-0.3, -0.25) is 5.21 Å². The molecule has 6 heteroatoms. The Morgan fingerprint density at radius 2 is 1.85 bits per heavy atom. The van der Waals surface area contributed by atoms with Crippen LogP contribution in [0.15, 0.2) is 29.2 Å². The third-order valence-electron chi connectivity index (χ3n) is 1.28. The van der Waals surface area contributed by atoms with E-state index in [1.807, 2.05) is 0 Å². The molecule has 0 spiro atoms. The van der Waals surface area contributed by atoms with E-state index in [4.69, 9.17) is 5.21 Å². The average Bonchev–Trinajstić information content (AvgIpc) is 2.04. The first kappa shape index (κ1) is 10.2. The number of nitrogens with zero attached hydrogens (tertiary/aromatic N) is 1. The van der Waals surface area contributed by atoms with E-state index in [9.17, 15) is 14.0 Å². The second-order valence-electron chi connectivity index (χ2n) is 2.15. The molecule has 13 heavy (non-hydrogen) atoms. The minimum Gasteiger partial charge on any atom is -0.733 e. The van der Waals surface area contributed by atoms with Crippen molar-refractivity contribution in [2.24, 2.45) is 0 Å². The fourth-order valence-electron chi connectivity index (χ4n) is 0.755. The summed E-state index contributed by atoms with van der Waals surface area (Å²) in [6.45, 7) is 0. The molecular formula is C7H6F2NO2S-. The second kappa shape index (κ2) is 4.40. The molecule has 1 aromatic rings. The molecule has 72 valence electrons. The van der Waals surface area contributed by atoms with E-state index < -0.39 is 5.76 Å². The van der Waals surface area contributed by atoms with Crippen molar-refractivity contribution < 1.29 is 14.0 Å². The topological polar surface area (TPSA) is 46.5 Å².